The van der Waals surface area contributed by atoms with Crippen LogP contribution in [0.2, 0.25) is 0 Å². The second-order valence-corrected chi connectivity index (χ2v) is 10.4. The lowest BCUT2D eigenvalue weighted by Gasteiger charge is -2.27. The van der Waals surface area contributed by atoms with Crippen molar-refractivity contribution in [3.63, 3.8) is 0 Å². The maximum Gasteiger partial charge on any atom is 0.249 e. The van der Waals surface area contributed by atoms with Crippen molar-refractivity contribution in [1.82, 2.24) is 16.0 Å². The topological polar surface area (TPSA) is 209 Å². The number of phenolic OH excluding ortho intramolecular Hbond substituents is 1. The van der Waals surface area contributed by atoms with E-state index >= 15 is 0 Å². The quantitative estimate of drug-likeness (QED) is 0.0595. The minimum atomic E-state index is -1.45. The van der Waals surface area contributed by atoms with E-state index in [1.807, 2.05) is 30.3 Å². The third-order valence-corrected chi connectivity index (χ3v) is 6.57. The third kappa shape index (κ3) is 12.0. The molecule has 4 atom stereocenters. The van der Waals surface area contributed by atoms with Crippen molar-refractivity contribution in [3.05, 3.63) is 65.7 Å². The predicted molar refractivity (Wildman–Crippen MR) is 159 cm³/mol. The van der Waals surface area contributed by atoms with Gasteiger partial charge in [-0.25, -0.2) is 0 Å². The minimum absolute atomic E-state index is 0.0214. The first kappa shape index (κ1) is 33.8. The van der Waals surface area contributed by atoms with Gasteiger partial charge < -0.3 is 42.4 Å². The first-order chi connectivity index (χ1) is 20.0. The molecule has 0 aromatic heterocycles. The molecule has 0 aliphatic carbocycles. The summed E-state index contributed by atoms with van der Waals surface area (Å²) >= 11 is 0. The molecule has 9 N–H and O–H groups in total. The summed E-state index contributed by atoms with van der Waals surface area (Å²) in [6.45, 7) is 3.80. The Balaban J connectivity index is 2.11. The van der Waals surface area contributed by atoms with Crippen LogP contribution in [-0.2, 0) is 32.0 Å². The van der Waals surface area contributed by atoms with Gasteiger partial charge in [-0.05, 0) is 54.9 Å². The van der Waals surface area contributed by atoms with Crippen LogP contribution < -0.4 is 27.4 Å². The summed E-state index contributed by atoms with van der Waals surface area (Å²) in [6.07, 6.45) is 0.575. The number of rotatable bonds is 17. The smallest absolute Gasteiger partial charge is 0.249 e. The number of carbonyl (C=O) groups excluding carboxylic acids is 4. The van der Waals surface area contributed by atoms with Crippen LogP contribution in [0.4, 0.5) is 0 Å². The highest BCUT2D eigenvalue weighted by molar-refractivity contribution is 5.93. The maximum absolute atomic E-state index is 13.4. The Morgan fingerprint density at radius 2 is 1.55 bits per heavy atom. The Morgan fingerprint density at radius 3 is 2.14 bits per heavy atom. The zero-order valence-corrected chi connectivity index (χ0v) is 24.0. The number of benzene rings is 2. The Kier molecular flexibility index (Phi) is 14.0. The molecule has 0 spiro atoms. The van der Waals surface area contributed by atoms with Crippen LogP contribution in [0, 0.1) is 5.92 Å². The third-order valence-electron chi connectivity index (χ3n) is 6.57. The Bertz CT molecular complexity index is 1180. The van der Waals surface area contributed by atoms with E-state index in [0.29, 0.717) is 37.7 Å². The van der Waals surface area contributed by atoms with E-state index in [-0.39, 0.29) is 30.5 Å². The monoisotopic (exact) mass is 582 g/mol. The number of guanidine groups is 1. The van der Waals surface area contributed by atoms with Gasteiger partial charge >= 0.3 is 0 Å². The number of nitrogens with one attached hydrogen (secondary N) is 3. The molecule has 0 fully saturated rings. The molecular formula is C30H42N6O6. The van der Waals surface area contributed by atoms with Crippen molar-refractivity contribution in [2.75, 3.05) is 6.54 Å². The summed E-state index contributed by atoms with van der Waals surface area (Å²) in [4.78, 5) is 54.9. The number of aryl methyl sites for hydroxylation is 1. The number of aliphatic hydroxyl groups excluding tert-OH is 1. The molecule has 2 aromatic carbocycles. The molecule has 0 aliphatic heterocycles. The summed E-state index contributed by atoms with van der Waals surface area (Å²) in [7, 11) is 0. The summed E-state index contributed by atoms with van der Waals surface area (Å²) < 4.78 is 0. The van der Waals surface area contributed by atoms with Crippen molar-refractivity contribution in [1.29, 1.82) is 0 Å². The second-order valence-electron chi connectivity index (χ2n) is 10.4. The van der Waals surface area contributed by atoms with Crippen LogP contribution in [0.25, 0.3) is 0 Å². The molecule has 12 heteroatoms. The molecule has 0 heterocycles. The second kappa shape index (κ2) is 17.4. The van der Waals surface area contributed by atoms with Crippen molar-refractivity contribution < 1.29 is 29.4 Å². The number of nitrogens with two attached hydrogens (primary N) is 2. The van der Waals surface area contributed by atoms with Crippen LogP contribution in [0.15, 0.2) is 59.6 Å². The van der Waals surface area contributed by atoms with Gasteiger partial charge in [0.05, 0.1) is 6.04 Å². The molecule has 0 radical (unpaired) electrons. The molecule has 12 nitrogen and oxygen atoms in total. The Morgan fingerprint density at radius 1 is 0.881 bits per heavy atom. The Labute approximate surface area is 246 Å². The average molecular weight is 583 g/mol. The fourth-order valence-electron chi connectivity index (χ4n) is 4.20. The Hall–Kier alpha value is -4.45. The van der Waals surface area contributed by atoms with Crippen LogP contribution >= 0.6 is 0 Å². The van der Waals surface area contributed by atoms with E-state index in [1.54, 1.807) is 26.0 Å². The number of aliphatic imine (C=N–C) groups is 1. The number of carbonyl (C=O) groups is 4. The highest BCUT2D eigenvalue weighted by Gasteiger charge is 2.31. The molecule has 2 rings (SSSR count). The average Bonchev–Trinajstić information content (AvgIpc) is 2.96. The first-order valence-corrected chi connectivity index (χ1v) is 13.9. The van der Waals surface area contributed by atoms with Gasteiger partial charge in [0, 0.05) is 13.0 Å². The zero-order valence-electron chi connectivity index (χ0n) is 24.0. The maximum atomic E-state index is 13.4. The van der Waals surface area contributed by atoms with Crippen LogP contribution in [-0.4, -0.2) is 71.0 Å². The lowest BCUT2D eigenvalue weighted by molar-refractivity contribution is -0.136. The number of nitrogens with zero attached hydrogens (tertiary/aromatic N) is 1. The molecule has 0 saturated carbocycles. The number of phenols is 1. The van der Waals surface area contributed by atoms with Crippen molar-refractivity contribution in [2.24, 2.45) is 22.4 Å². The minimum Gasteiger partial charge on any atom is -0.508 e. The fourth-order valence-corrected chi connectivity index (χ4v) is 4.20. The molecule has 3 amide bonds. The van der Waals surface area contributed by atoms with Crippen LogP contribution in [0.5, 0.6) is 5.75 Å². The van der Waals surface area contributed by atoms with Gasteiger partial charge in [-0.2, -0.15) is 0 Å². The van der Waals surface area contributed by atoms with Gasteiger partial charge in [0.15, 0.2) is 5.96 Å². The van der Waals surface area contributed by atoms with Crippen molar-refractivity contribution in [3.8, 4) is 5.75 Å². The SMILES string of the molecule is CC(C)[C@H](NC(=O)[C@H](CCc1ccccc1)NC(=O)[C@H](O)Cc1ccc(O)cc1)C(=O)N[C@@H](C=O)CCCN=C(N)N. The zero-order chi connectivity index (χ0) is 31.1. The highest BCUT2D eigenvalue weighted by atomic mass is 16.3. The van der Waals surface area contributed by atoms with E-state index in [9.17, 15) is 29.4 Å². The first-order valence-electron chi connectivity index (χ1n) is 13.9. The van der Waals surface area contributed by atoms with E-state index in [1.165, 1.54) is 12.1 Å². The largest absolute Gasteiger partial charge is 0.508 e. The summed E-state index contributed by atoms with van der Waals surface area (Å²) in [6, 6.07) is 12.6. The van der Waals surface area contributed by atoms with Gasteiger partial charge in [-0.1, -0.05) is 56.3 Å². The molecule has 42 heavy (non-hydrogen) atoms. The van der Waals surface area contributed by atoms with E-state index in [0.717, 1.165) is 5.56 Å². The lowest BCUT2D eigenvalue weighted by Crippen LogP contribution is -2.57. The summed E-state index contributed by atoms with van der Waals surface area (Å²) in [5.41, 5.74) is 12.2. The fraction of sp³-hybridized carbons (Fsp3) is 0.433. The molecule has 0 unspecified atom stereocenters. The molecule has 0 aliphatic rings. The summed E-state index contributed by atoms with van der Waals surface area (Å²) in [5, 5.41) is 28.0. The molecular weight excluding hydrogens is 540 g/mol. The van der Waals surface area contributed by atoms with Gasteiger partial charge in [0.25, 0.3) is 0 Å². The van der Waals surface area contributed by atoms with Crippen molar-refractivity contribution in [2.45, 2.75) is 70.2 Å². The van der Waals surface area contributed by atoms with E-state index in [4.69, 9.17) is 11.5 Å². The predicted octanol–water partition coefficient (Wildman–Crippen LogP) is 0.291. The lowest BCUT2D eigenvalue weighted by atomic mass is 10.00. The number of aldehydes is 1. The number of hydrogen-bond acceptors (Lipinski definition) is 7. The normalized spacial score (nSPS) is 13.7. The summed E-state index contributed by atoms with van der Waals surface area (Å²) in [5.74, 6) is -2.23. The number of amides is 3. The van der Waals surface area contributed by atoms with Gasteiger partial charge in [-0.3, -0.25) is 19.4 Å². The number of hydrogen-bond donors (Lipinski definition) is 7. The highest BCUT2D eigenvalue weighted by Crippen LogP contribution is 2.13. The number of aliphatic hydroxyl groups is 1. The molecule has 2 aromatic rings. The molecule has 0 saturated heterocycles. The standard InChI is InChI=1S/C30H42N6O6/c1-19(2)26(29(42)34-22(18-37)9-6-16-33-30(31)32)36-27(40)24(15-12-20-7-4-3-5-8-20)35-28(41)25(39)17-21-10-13-23(38)14-11-21/h3-5,7-8,10-11,13-14,18-19,22,24-26,38-39H,6,9,12,15-17H2,1-2H3,(H,34,42)(H,35,41)(H,36,40)(H4,31,32,33)/t22-,24+,25-,26+/m1/s1. The van der Waals surface area contributed by atoms with Gasteiger partial charge in [0.1, 0.15) is 30.2 Å². The number of aromatic hydroxyl groups is 1. The van der Waals surface area contributed by atoms with Crippen LogP contribution in [0.3, 0.4) is 0 Å². The molecule has 228 valence electrons. The van der Waals surface area contributed by atoms with Crippen molar-refractivity contribution >= 4 is 30.0 Å². The molecule has 0 bridgehead atoms. The van der Waals surface area contributed by atoms with E-state index < -0.39 is 42.0 Å². The van der Waals surface area contributed by atoms with Crippen LogP contribution in [0.1, 0.15) is 44.2 Å². The van der Waals surface area contributed by atoms with Gasteiger partial charge in [-0.15, -0.1) is 0 Å². The van der Waals surface area contributed by atoms with Gasteiger partial charge in [0.2, 0.25) is 17.7 Å². The van der Waals surface area contributed by atoms with E-state index in [2.05, 4.69) is 20.9 Å².